The molecule has 0 saturated heterocycles. The van der Waals surface area contributed by atoms with Crippen LogP contribution in [0.2, 0.25) is 5.15 Å². The van der Waals surface area contributed by atoms with Crippen molar-refractivity contribution in [3.05, 3.63) is 182 Å². The first-order valence-corrected chi connectivity index (χ1v) is 44.6. The number of nitrogens with two attached hydrogens (primary N) is 2. The van der Waals surface area contributed by atoms with Gasteiger partial charge in [0, 0.05) is 73.1 Å². The number of carbonyl (C=O) groups excluding carboxylic acids is 4. The Hall–Kier alpha value is -14.3. The van der Waals surface area contributed by atoms with Gasteiger partial charge in [-0.1, -0.05) is 17.7 Å². The van der Waals surface area contributed by atoms with E-state index in [0.717, 1.165) is 80.7 Å². The number of carbonyl (C=O) groups is 4. The average molecular weight is 1880 g/mol. The lowest BCUT2D eigenvalue weighted by Crippen LogP contribution is -2.42. The van der Waals surface area contributed by atoms with Crippen LogP contribution in [-0.4, -0.2) is 186 Å². The van der Waals surface area contributed by atoms with Gasteiger partial charge in [0.1, 0.15) is 103 Å². The first-order valence-electron chi connectivity index (χ1n) is 44.3. The summed E-state index contributed by atoms with van der Waals surface area (Å²) in [4.78, 5) is 136. The van der Waals surface area contributed by atoms with E-state index in [0.29, 0.717) is 126 Å². The molecule has 0 atom stereocenters. The van der Waals surface area contributed by atoms with Gasteiger partial charge >= 0.3 is 41.4 Å². The number of alkyl carbamates (subject to hydrolysis) is 4. The van der Waals surface area contributed by atoms with Gasteiger partial charge in [-0.15, -0.1) is 0 Å². The first-order chi connectivity index (χ1) is 63.9. The highest BCUT2D eigenvalue weighted by molar-refractivity contribution is 6.31. The number of H-pyrrole nitrogens is 1. The molecule has 0 aromatic carbocycles. The molecule has 13 aromatic heterocycles. The van der Waals surface area contributed by atoms with E-state index < -0.39 is 67.6 Å². The smallest absolute Gasteiger partial charge is 0.407 e. The van der Waals surface area contributed by atoms with Crippen LogP contribution in [0.4, 0.5) is 61.0 Å². The molecule has 0 radical (unpaired) electrons. The van der Waals surface area contributed by atoms with Crippen molar-refractivity contribution in [2.75, 3.05) is 16.4 Å². The maximum absolute atomic E-state index is 13.8. The number of anilines is 3. The number of nitrogen functional groups attached to an aromatic ring is 1. The highest BCUT2D eigenvalue weighted by Crippen LogP contribution is 2.35. The van der Waals surface area contributed by atoms with Gasteiger partial charge in [-0.3, -0.25) is 42.4 Å². The summed E-state index contributed by atoms with van der Waals surface area (Å²) < 4.78 is 70.1. The molecule has 17 rings (SSSR count). The van der Waals surface area contributed by atoms with E-state index in [2.05, 4.69) is 91.7 Å². The van der Waals surface area contributed by atoms with Crippen LogP contribution in [0.15, 0.2) is 128 Å². The van der Waals surface area contributed by atoms with E-state index in [1.807, 2.05) is 92.0 Å². The SMILES string of the molecule is CC(C)(C)OC(=O)NC1CCC(N)CC1.CC(C)(C)OC(=O)NC1CCC(Nc2nc(-c3cnc4ccc(F)cn34)ncc2[N+](=O)[O-])CC1.CC(C)(C)OC(=O)NC1CCC(n2c(=O)[nH]c3cnc(-c4cnc5ccc(F)cn45)nc32)CC1.Cc1ccc2ncc(-c3ncc(N)c(NC4CCC(NC(=O)OC(C)(C)C)CC4)n3)n2c1.O=[N+]([O-])c1cnc(-c2cnc3ccc(F)cn23)nc1Cl. The molecule has 0 unspecified atom stereocenters. The molecule has 4 saturated carbocycles. The van der Waals surface area contributed by atoms with E-state index in [1.165, 1.54) is 70.1 Å². The second-order valence-corrected chi connectivity index (χ2v) is 37.7. The van der Waals surface area contributed by atoms with Gasteiger partial charge in [-0.05, 0) is 241 Å². The van der Waals surface area contributed by atoms with Crippen LogP contribution >= 0.6 is 11.6 Å². The third-order valence-corrected chi connectivity index (χ3v) is 22.3. The van der Waals surface area contributed by atoms with E-state index in [1.54, 1.807) is 60.6 Å². The number of aromatic nitrogens is 18. The quantitative estimate of drug-likeness (QED) is 0.0199. The number of imidazole rings is 5. The summed E-state index contributed by atoms with van der Waals surface area (Å²) in [5.74, 6) is 0.631. The molecular weight excluding hydrogens is 1770 g/mol. The largest absolute Gasteiger partial charge is 0.444 e. The van der Waals surface area contributed by atoms with Gasteiger partial charge in [-0.25, -0.2) is 97.0 Å². The maximum Gasteiger partial charge on any atom is 0.407 e. The number of hydrogen-bond acceptors (Lipinski definition) is 29. The zero-order valence-electron chi connectivity index (χ0n) is 77.0. The molecule has 135 heavy (non-hydrogen) atoms. The number of aryl methyl sites for hydroxylation is 1. The summed E-state index contributed by atoms with van der Waals surface area (Å²) in [5.41, 5.74) is 16.2. The van der Waals surface area contributed by atoms with Crippen LogP contribution in [0.1, 0.15) is 197 Å². The molecule has 4 aliphatic carbocycles. The van der Waals surface area contributed by atoms with Gasteiger partial charge in [0.05, 0.1) is 52.7 Å². The molecule has 11 N–H and O–H groups in total. The summed E-state index contributed by atoms with van der Waals surface area (Å²) in [6, 6.07) is 13.2. The fourth-order valence-electron chi connectivity index (χ4n) is 15.7. The molecule has 45 heteroatoms. The summed E-state index contributed by atoms with van der Waals surface area (Å²) in [7, 11) is 0. The van der Waals surface area contributed by atoms with Crippen molar-refractivity contribution < 1.29 is 61.1 Å². The summed E-state index contributed by atoms with van der Waals surface area (Å²) >= 11 is 5.73. The molecule has 716 valence electrons. The Morgan fingerprint density at radius 1 is 0.430 bits per heavy atom. The molecular formula is C90H110ClF3N28O13. The topological polar surface area (TPSA) is 526 Å². The standard InChI is InChI=1S/C23H26FN7O3.C23H31N7O2.C22H26FN7O4.C11H5ClFN5O2.C11H22N2O2/c1-23(2,3)34-22(33)27-14-5-7-15(8-6-14)31-20-16(28-21(31)32)10-26-19(29-20)17-11-25-18-9-4-13(24)12-30(17)18;1-14-5-10-19-25-12-18(30(19)13-14)21-26-11-17(24)20(29-21)27-15-6-8-16(9-7-15)28-22(31)32-23(2,3)4;1-22(2,3)34-21(31)27-15-7-5-14(6-8-15)26-20-17(30(32)33)11-25-19(28-20)16-10-24-18-9-4-13(23)12-29(16)18;12-10-7(18(19)20)3-15-11(16-10)8-4-14-9-2-1-6(13)5-17(8)9;1-11(2,3)15-10(14)13-9-6-4-8(12)5-7-9/h4,9-12,14-15H,5-8H2,1-3H3,(H,27,33)(H,28,32);5,10-13,15-16H,6-9,24H2,1-4H3,(H,28,31)(H,26,27,29);4,9-12,14-15H,5-8H2,1-3H3,(H,27,31)(H,25,26,28);1-5H;8-9H,4-7,12H2,1-3H3,(H,13,14). The number of nitro groups is 2. The fraction of sp³-hybridized carbons (Fsp3) is 0.456. The van der Waals surface area contributed by atoms with Gasteiger partial charge in [0.2, 0.25) is 11.0 Å². The fourth-order valence-corrected chi connectivity index (χ4v) is 15.9. The summed E-state index contributed by atoms with van der Waals surface area (Å²) in [6.45, 7) is 24.1. The Labute approximate surface area is 777 Å². The summed E-state index contributed by atoms with van der Waals surface area (Å²) in [6.07, 6.45) is 28.9. The van der Waals surface area contributed by atoms with Gasteiger partial charge < -0.3 is 67.3 Å². The Balaban J connectivity index is 0.000000147. The minimum absolute atomic E-state index is 0.00903. The predicted molar refractivity (Wildman–Crippen MR) is 497 cm³/mol. The Kier molecular flexibility index (Phi) is 30.4. The molecule has 41 nitrogen and oxygen atoms in total. The number of aromatic amines is 1. The number of hydrogen-bond donors (Lipinski definition) is 9. The zero-order valence-corrected chi connectivity index (χ0v) is 77.7. The maximum atomic E-state index is 13.8. The molecule has 4 aliphatic rings. The monoisotopic (exact) mass is 1880 g/mol. The van der Waals surface area contributed by atoms with Crippen LogP contribution in [-0.2, 0) is 18.9 Å². The van der Waals surface area contributed by atoms with Gasteiger partial charge in [0.25, 0.3) is 0 Å². The van der Waals surface area contributed by atoms with Gasteiger partial charge in [0.15, 0.2) is 34.8 Å². The predicted octanol–water partition coefficient (Wildman–Crippen LogP) is 15.9. The molecule has 0 aliphatic heterocycles. The van der Waals surface area contributed by atoms with Crippen LogP contribution in [0.5, 0.6) is 0 Å². The molecule has 4 amide bonds. The minimum Gasteiger partial charge on any atom is -0.444 e. The minimum atomic E-state index is -0.680. The second-order valence-electron chi connectivity index (χ2n) is 37.4. The van der Waals surface area contributed by atoms with E-state index in [4.69, 9.17) is 47.0 Å². The van der Waals surface area contributed by atoms with Crippen LogP contribution in [0, 0.1) is 44.6 Å². The summed E-state index contributed by atoms with van der Waals surface area (Å²) in [5, 5.41) is 40.2. The van der Waals surface area contributed by atoms with Crippen molar-refractivity contribution in [3.63, 3.8) is 0 Å². The normalized spacial score (nSPS) is 18.6. The van der Waals surface area contributed by atoms with Crippen molar-refractivity contribution in [1.29, 1.82) is 0 Å². The molecule has 0 spiro atoms. The Morgan fingerprint density at radius 3 is 1.15 bits per heavy atom. The van der Waals surface area contributed by atoms with Gasteiger partial charge in [-0.2, -0.15) is 0 Å². The average Bonchev–Trinajstić information content (AvgIpc) is 1.08. The number of amides is 4. The first kappa shape index (κ1) is 98.2. The molecule has 13 heterocycles. The van der Waals surface area contributed by atoms with Crippen LogP contribution < -0.4 is 49.1 Å². The number of rotatable bonds is 15. The third-order valence-electron chi connectivity index (χ3n) is 22.0. The van der Waals surface area contributed by atoms with Crippen molar-refractivity contribution in [1.82, 2.24) is 108 Å². The highest BCUT2D eigenvalue weighted by atomic mass is 35.5. The zero-order chi connectivity index (χ0) is 97.1. The number of nitrogens with zero attached hydrogens (tertiary/aromatic N) is 19. The van der Waals surface area contributed by atoms with Crippen LogP contribution in [0.25, 0.3) is 79.8 Å². The third kappa shape index (κ3) is 26.6. The lowest BCUT2D eigenvalue weighted by atomic mass is 9.91. The van der Waals surface area contributed by atoms with Crippen molar-refractivity contribution >= 4 is 98.4 Å². The van der Waals surface area contributed by atoms with Crippen molar-refractivity contribution in [2.24, 2.45) is 5.73 Å². The van der Waals surface area contributed by atoms with Crippen molar-refractivity contribution in [3.8, 4) is 46.1 Å². The van der Waals surface area contributed by atoms with E-state index in [-0.39, 0.29) is 88.5 Å². The second kappa shape index (κ2) is 41.9. The Morgan fingerprint density at radius 2 is 0.756 bits per heavy atom. The van der Waals surface area contributed by atoms with E-state index in [9.17, 15) is 57.4 Å². The molecule has 4 fully saturated rings. The highest BCUT2D eigenvalue weighted by Gasteiger charge is 2.34. The van der Waals surface area contributed by atoms with Crippen LogP contribution in [0.3, 0.4) is 0 Å². The number of nitrogens with one attached hydrogen (secondary N) is 7. The van der Waals surface area contributed by atoms with E-state index >= 15 is 0 Å². The number of ether oxygens (including phenoxy) is 4. The Bertz CT molecular complexity index is 6500. The number of halogens is 4. The molecule has 0 bridgehead atoms. The molecule has 13 aromatic rings. The number of pyridine rings is 4. The lowest BCUT2D eigenvalue weighted by Gasteiger charge is -2.31. The number of fused-ring (bicyclic) bond motifs is 5. The van der Waals surface area contributed by atoms with Crippen molar-refractivity contribution in [2.45, 2.75) is 263 Å². The lowest BCUT2D eigenvalue weighted by molar-refractivity contribution is -0.385.